The van der Waals surface area contributed by atoms with E-state index >= 15 is 0 Å². The lowest BCUT2D eigenvalue weighted by atomic mass is 9.93. The summed E-state index contributed by atoms with van der Waals surface area (Å²) < 4.78 is 0. The van der Waals surface area contributed by atoms with Gasteiger partial charge in [-0.15, -0.1) is 0 Å². The van der Waals surface area contributed by atoms with Crippen molar-refractivity contribution in [3.8, 4) is 0 Å². The Hall–Kier alpha value is -0.830. The Bertz CT molecular complexity index is 187. The predicted octanol–water partition coefficient (Wildman–Crippen LogP) is 0.337. The molecule has 3 nitrogen and oxygen atoms in total. The molecule has 0 aliphatic carbocycles. The molecular formula is C10H17O3-. The smallest absolute Gasteiger partial charge is 0.0496 e. The van der Waals surface area contributed by atoms with Gasteiger partial charge in [0.25, 0.3) is 0 Å². The lowest BCUT2D eigenvalue weighted by molar-refractivity contribution is -0.311. The summed E-state index contributed by atoms with van der Waals surface area (Å²) in [4.78, 5) is 10.4. The quantitative estimate of drug-likeness (QED) is 0.607. The van der Waals surface area contributed by atoms with Crippen LogP contribution in [0.3, 0.4) is 0 Å². The van der Waals surface area contributed by atoms with Crippen LogP contribution in [0.2, 0.25) is 0 Å². The van der Waals surface area contributed by atoms with E-state index in [1.807, 2.05) is 6.92 Å². The summed E-state index contributed by atoms with van der Waals surface area (Å²) in [6.07, 6.45) is 1.18. The molecule has 13 heavy (non-hydrogen) atoms. The van der Waals surface area contributed by atoms with Crippen molar-refractivity contribution in [1.29, 1.82) is 0 Å². The largest absolute Gasteiger partial charge is 0.550 e. The van der Waals surface area contributed by atoms with Gasteiger partial charge in [0.15, 0.2) is 0 Å². The summed E-state index contributed by atoms with van der Waals surface area (Å²) in [5.41, 5.74) is 0.896. The highest BCUT2D eigenvalue weighted by Crippen LogP contribution is 2.17. The third kappa shape index (κ3) is 4.68. The van der Waals surface area contributed by atoms with E-state index in [0.717, 1.165) is 5.57 Å². The molecule has 0 aromatic heterocycles. The summed E-state index contributed by atoms with van der Waals surface area (Å²) in [5.74, 6) is -1.46. The molecule has 1 unspecified atom stereocenters. The highest BCUT2D eigenvalue weighted by atomic mass is 16.4. The topological polar surface area (TPSA) is 60.4 Å². The lowest BCUT2D eigenvalue weighted by Crippen LogP contribution is -2.29. The molecule has 1 N–H and O–H groups in total. The van der Waals surface area contributed by atoms with E-state index in [1.54, 1.807) is 6.92 Å². The van der Waals surface area contributed by atoms with Crippen molar-refractivity contribution in [2.45, 2.75) is 26.7 Å². The van der Waals surface area contributed by atoms with Gasteiger partial charge >= 0.3 is 0 Å². The number of carbonyl (C=O) groups excluding carboxylic acids is 1. The number of carboxylic acids is 1. The van der Waals surface area contributed by atoms with Gasteiger partial charge in [0, 0.05) is 18.5 Å². The maximum atomic E-state index is 10.4. The highest BCUT2D eigenvalue weighted by Gasteiger charge is 2.10. The van der Waals surface area contributed by atoms with Gasteiger partial charge in [-0.25, -0.2) is 0 Å². The predicted molar refractivity (Wildman–Crippen MR) is 48.8 cm³/mol. The van der Waals surface area contributed by atoms with Crippen LogP contribution in [-0.2, 0) is 4.79 Å². The fourth-order valence-corrected chi connectivity index (χ4v) is 1.06. The average Bonchev–Trinajstić information content (AvgIpc) is 2.04. The SMILES string of the molecule is C=C(C)[C@@H](CO)CCC(C)C(=O)[O-]. The van der Waals surface area contributed by atoms with E-state index in [4.69, 9.17) is 5.11 Å². The van der Waals surface area contributed by atoms with Crippen LogP contribution in [0.25, 0.3) is 0 Å². The van der Waals surface area contributed by atoms with Crippen molar-refractivity contribution in [3.63, 3.8) is 0 Å². The molecule has 0 aromatic carbocycles. The minimum Gasteiger partial charge on any atom is -0.550 e. The summed E-state index contributed by atoms with van der Waals surface area (Å²) >= 11 is 0. The van der Waals surface area contributed by atoms with Crippen molar-refractivity contribution < 1.29 is 15.0 Å². The van der Waals surface area contributed by atoms with Gasteiger partial charge in [0.05, 0.1) is 0 Å². The Balaban J connectivity index is 3.85. The molecule has 76 valence electrons. The van der Waals surface area contributed by atoms with Crippen molar-refractivity contribution in [1.82, 2.24) is 0 Å². The first-order chi connectivity index (χ1) is 5.99. The molecule has 0 aliphatic rings. The van der Waals surface area contributed by atoms with E-state index in [2.05, 4.69) is 6.58 Å². The van der Waals surface area contributed by atoms with Gasteiger partial charge in [0.1, 0.15) is 0 Å². The standard InChI is InChI=1S/C10H18O3/c1-7(2)9(6-11)5-4-8(3)10(12)13/h8-9,11H,1,4-6H2,2-3H3,(H,12,13)/p-1/t8?,9-/m1/s1. The van der Waals surface area contributed by atoms with Crippen LogP contribution < -0.4 is 5.11 Å². The first-order valence-electron chi connectivity index (χ1n) is 4.46. The summed E-state index contributed by atoms with van der Waals surface area (Å²) in [7, 11) is 0. The van der Waals surface area contributed by atoms with Gasteiger partial charge in [-0.2, -0.15) is 0 Å². The molecular weight excluding hydrogens is 168 g/mol. The molecule has 0 radical (unpaired) electrons. The maximum absolute atomic E-state index is 10.4. The van der Waals surface area contributed by atoms with Crippen LogP contribution in [0, 0.1) is 11.8 Å². The first kappa shape index (κ1) is 12.2. The molecule has 0 heterocycles. The normalized spacial score (nSPS) is 15.0. The number of hydrogen-bond acceptors (Lipinski definition) is 3. The minimum atomic E-state index is -1.03. The number of aliphatic carboxylic acids is 1. The number of rotatable bonds is 6. The van der Waals surface area contributed by atoms with E-state index in [-0.39, 0.29) is 12.5 Å². The van der Waals surface area contributed by atoms with Crippen LogP contribution in [-0.4, -0.2) is 17.7 Å². The Morgan fingerprint density at radius 3 is 2.38 bits per heavy atom. The Kier molecular flexibility index (Phi) is 5.39. The van der Waals surface area contributed by atoms with Crippen LogP contribution in [0.5, 0.6) is 0 Å². The number of aliphatic hydroxyl groups excluding tert-OH is 1. The van der Waals surface area contributed by atoms with Crippen LogP contribution in [0.4, 0.5) is 0 Å². The number of carbonyl (C=O) groups is 1. The Morgan fingerprint density at radius 2 is 2.08 bits per heavy atom. The molecule has 0 bridgehead atoms. The molecule has 0 fully saturated rings. The van der Waals surface area contributed by atoms with Gasteiger partial charge in [-0.05, 0) is 25.7 Å². The number of hydrogen-bond donors (Lipinski definition) is 1. The van der Waals surface area contributed by atoms with Crippen molar-refractivity contribution in [3.05, 3.63) is 12.2 Å². The summed E-state index contributed by atoms with van der Waals surface area (Å²) in [5, 5.41) is 19.3. The Labute approximate surface area is 79.1 Å². The second-order valence-electron chi connectivity index (χ2n) is 3.52. The molecule has 0 spiro atoms. The third-order valence-electron chi connectivity index (χ3n) is 2.27. The summed E-state index contributed by atoms with van der Waals surface area (Å²) in [6, 6.07) is 0. The fourth-order valence-electron chi connectivity index (χ4n) is 1.06. The second-order valence-corrected chi connectivity index (χ2v) is 3.52. The molecule has 3 heteroatoms. The highest BCUT2D eigenvalue weighted by molar-refractivity contribution is 5.66. The number of aliphatic hydroxyl groups is 1. The molecule has 0 rings (SSSR count). The van der Waals surface area contributed by atoms with Gasteiger partial charge in [-0.1, -0.05) is 19.1 Å². The van der Waals surface area contributed by atoms with E-state index in [1.165, 1.54) is 0 Å². The summed E-state index contributed by atoms with van der Waals surface area (Å²) in [6.45, 7) is 7.21. The molecule has 0 saturated heterocycles. The monoisotopic (exact) mass is 185 g/mol. The van der Waals surface area contributed by atoms with Crippen LogP contribution in [0.15, 0.2) is 12.2 Å². The molecule has 0 aromatic rings. The molecule has 2 atom stereocenters. The van der Waals surface area contributed by atoms with E-state index in [9.17, 15) is 9.90 Å². The Morgan fingerprint density at radius 1 is 1.54 bits per heavy atom. The van der Waals surface area contributed by atoms with Crippen molar-refractivity contribution in [2.24, 2.45) is 11.8 Å². The minimum absolute atomic E-state index is 0.0156. The zero-order valence-electron chi connectivity index (χ0n) is 8.25. The van der Waals surface area contributed by atoms with E-state index < -0.39 is 11.9 Å². The average molecular weight is 185 g/mol. The second kappa shape index (κ2) is 5.75. The maximum Gasteiger partial charge on any atom is 0.0496 e. The number of carboxylic acid groups (broad SMARTS) is 1. The van der Waals surface area contributed by atoms with Crippen molar-refractivity contribution in [2.75, 3.05) is 6.61 Å². The van der Waals surface area contributed by atoms with Gasteiger partial charge in [-0.3, -0.25) is 0 Å². The van der Waals surface area contributed by atoms with Gasteiger partial charge < -0.3 is 15.0 Å². The molecule has 0 amide bonds. The van der Waals surface area contributed by atoms with E-state index in [0.29, 0.717) is 12.8 Å². The molecule has 0 aliphatic heterocycles. The third-order valence-corrected chi connectivity index (χ3v) is 2.27. The molecule has 0 saturated carbocycles. The van der Waals surface area contributed by atoms with Gasteiger partial charge in [0.2, 0.25) is 0 Å². The fraction of sp³-hybridized carbons (Fsp3) is 0.700. The first-order valence-corrected chi connectivity index (χ1v) is 4.46. The van der Waals surface area contributed by atoms with Crippen LogP contribution in [0.1, 0.15) is 26.7 Å². The van der Waals surface area contributed by atoms with Crippen molar-refractivity contribution >= 4 is 5.97 Å². The lowest BCUT2D eigenvalue weighted by Gasteiger charge is -2.17. The van der Waals surface area contributed by atoms with Crippen LogP contribution >= 0.6 is 0 Å². The zero-order valence-corrected chi connectivity index (χ0v) is 8.25. The zero-order chi connectivity index (χ0) is 10.4.